The molecule has 0 atom stereocenters. The molecule has 3 aromatic rings. The number of likely N-dealkylation sites (N-methyl/N-ethyl adjacent to an activating group) is 1. The SMILES string of the molecule is CCc1nn(-c2ccc(F)cc2)c(N2CCN(CC)CC2)c1CN(CC)Cc1ccccc1Cl. The molecule has 4 rings (SSSR count). The van der Waals surface area contributed by atoms with Crippen LogP contribution in [0.2, 0.25) is 5.02 Å². The van der Waals surface area contributed by atoms with E-state index in [0.717, 1.165) is 86.6 Å². The first-order valence-corrected chi connectivity index (χ1v) is 12.7. The summed E-state index contributed by atoms with van der Waals surface area (Å²) >= 11 is 6.48. The molecule has 1 saturated heterocycles. The molecule has 1 fully saturated rings. The molecule has 0 bridgehead atoms. The molecule has 0 N–H and O–H groups in total. The van der Waals surface area contributed by atoms with Gasteiger partial charge in [0, 0.05) is 49.9 Å². The fourth-order valence-electron chi connectivity index (χ4n) is 4.67. The third-order valence-electron chi connectivity index (χ3n) is 6.75. The van der Waals surface area contributed by atoms with Crippen molar-refractivity contribution >= 4 is 17.4 Å². The van der Waals surface area contributed by atoms with Crippen LogP contribution in [0.1, 0.15) is 37.6 Å². The summed E-state index contributed by atoms with van der Waals surface area (Å²) in [5.41, 5.74) is 4.37. The van der Waals surface area contributed by atoms with Crippen molar-refractivity contribution in [3.63, 3.8) is 0 Å². The highest BCUT2D eigenvalue weighted by Crippen LogP contribution is 2.31. The predicted octanol–water partition coefficient (Wildman–Crippen LogP) is 5.39. The van der Waals surface area contributed by atoms with Crippen molar-refractivity contribution in [1.29, 1.82) is 0 Å². The summed E-state index contributed by atoms with van der Waals surface area (Å²) in [6.45, 7) is 14.1. The lowest BCUT2D eigenvalue weighted by Gasteiger charge is -2.36. The van der Waals surface area contributed by atoms with Gasteiger partial charge < -0.3 is 9.80 Å². The van der Waals surface area contributed by atoms with Crippen LogP contribution in [-0.2, 0) is 19.5 Å². The molecule has 182 valence electrons. The van der Waals surface area contributed by atoms with Crippen molar-refractivity contribution in [2.75, 3.05) is 44.2 Å². The van der Waals surface area contributed by atoms with E-state index in [0.29, 0.717) is 0 Å². The van der Waals surface area contributed by atoms with Crippen molar-refractivity contribution in [1.82, 2.24) is 19.6 Å². The zero-order valence-corrected chi connectivity index (χ0v) is 21.2. The van der Waals surface area contributed by atoms with Crippen molar-refractivity contribution < 1.29 is 4.39 Å². The maximum atomic E-state index is 13.7. The van der Waals surface area contributed by atoms with Gasteiger partial charge in [-0.3, -0.25) is 4.90 Å². The van der Waals surface area contributed by atoms with Crippen LogP contribution >= 0.6 is 11.6 Å². The lowest BCUT2D eigenvalue weighted by atomic mass is 10.1. The van der Waals surface area contributed by atoms with Crippen molar-refractivity contribution in [3.05, 3.63) is 76.2 Å². The van der Waals surface area contributed by atoms with E-state index in [1.54, 1.807) is 0 Å². The number of rotatable bonds is 9. The summed E-state index contributed by atoms with van der Waals surface area (Å²) in [4.78, 5) is 7.35. The van der Waals surface area contributed by atoms with Gasteiger partial charge in [0.25, 0.3) is 0 Å². The Bertz CT molecular complexity index is 1070. The van der Waals surface area contributed by atoms with Gasteiger partial charge in [0.2, 0.25) is 0 Å². The van der Waals surface area contributed by atoms with Crippen molar-refractivity contribution in [3.8, 4) is 5.69 Å². The second-order valence-electron chi connectivity index (χ2n) is 8.81. The quantitative estimate of drug-likeness (QED) is 0.407. The van der Waals surface area contributed by atoms with Crippen LogP contribution in [0, 0.1) is 5.82 Å². The molecule has 0 saturated carbocycles. The Morgan fingerprint density at radius 3 is 2.26 bits per heavy atom. The number of benzene rings is 2. The predicted molar refractivity (Wildman–Crippen MR) is 138 cm³/mol. The number of aromatic nitrogens is 2. The summed E-state index contributed by atoms with van der Waals surface area (Å²) in [5, 5.41) is 5.84. The number of halogens is 2. The fraction of sp³-hybridized carbons (Fsp3) is 0.444. The normalized spacial score (nSPS) is 14.8. The van der Waals surface area contributed by atoms with Gasteiger partial charge in [-0.1, -0.05) is 50.6 Å². The molecule has 0 aliphatic carbocycles. The van der Waals surface area contributed by atoms with Crippen LogP contribution in [0.4, 0.5) is 10.2 Å². The molecule has 1 aliphatic rings. The van der Waals surface area contributed by atoms with Crippen LogP contribution < -0.4 is 4.90 Å². The van der Waals surface area contributed by atoms with E-state index in [-0.39, 0.29) is 5.82 Å². The van der Waals surface area contributed by atoms with E-state index in [4.69, 9.17) is 16.7 Å². The van der Waals surface area contributed by atoms with E-state index in [2.05, 4.69) is 41.5 Å². The first kappa shape index (κ1) is 24.7. The average molecular weight is 484 g/mol. The van der Waals surface area contributed by atoms with Gasteiger partial charge in [0.05, 0.1) is 11.4 Å². The molecule has 5 nitrogen and oxygen atoms in total. The number of anilines is 1. The Morgan fingerprint density at radius 2 is 1.65 bits per heavy atom. The number of hydrogen-bond acceptors (Lipinski definition) is 4. The summed E-state index contributed by atoms with van der Waals surface area (Å²) in [6.07, 6.45) is 0.842. The van der Waals surface area contributed by atoms with Crippen LogP contribution in [0.5, 0.6) is 0 Å². The number of piperazine rings is 1. The van der Waals surface area contributed by atoms with E-state index in [1.807, 2.05) is 35.0 Å². The summed E-state index contributed by atoms with van der Waals surface area (Å²) in [7, 11) is 0. The van der Waals surface area contributed by atoms with Gasteiger partial charge in [-0.05, 0) is 55.4 Å². The standard InChI is InChI=1S/C27H35ClFN5/c1-4-26-24(20-32(6-3)19-21-9-7-8-10-25(21)28)27(33-17-15-31(5-2)16-18-33)34(30-26)23-13-11-22(29)12-14-23/h7-14H,4-6,15-20H2,1-3H3. The van der Waals surface area contributed by atoms with Crippen LogP contribution in [0.25, 0.3) is 5.69 Å². The smallest absolute Gasteiger partial charge is 0.137 e. The van der Waals surface area contributed by atoms with E-state index < -0.39 is 0 Å². The zero-order valence-electron chi connectivity index (χ0n) is 20.5. The Hall–Kier alpha value is -2.41. The average Bonchev–Trinajstić information content (AvgIpc) is 3.23. The molecule has 1 aromatic heterocycles. The minimum atomic E-state index is -0.234. The van der Waals surface area contributed by atoms with Gasteiger partial charge in [0.1, 0.15) is 11.6 Å². The molecule has 7 heteroatoms. The molecule has 2 heterocycles. The second-order valence-corrected chi connectivity index (χ2v) is 9.21. The van der Waals surface area contributed by atoms with E-state index in [1.165, 1.54) is 17.7 Å². The highest BCUT2D eigenvalue weighted by atomic mass is 35.5. The van der Waals surface area contributed by atoms with Gasteiger partial charge in [-0.25, -0.2) is 9.07 Å². The maximum absolute atomic E-state index is 13.7. The third-order valence-corrected chi connectivity index (χ3v) is 7.11. The Morgan fingerprint density at radius 1 is 0.941 bits per heavy atom. The topological polar surface area (TPSA) is 27.5 Å². The molecule has 0 amide bonds. The minimum absolute atomic E-state index is 0.234. The second kappa shape index (κ2) is 11.3. The van der Waals surface area contributed by atoms with Crippen molar-refractivity contribution in [2.24, 2.45) is 0 Å². The van der Waals surface area contributed by atoms with Gasteiger partial charge in [-0.2, -0.15) is 5.10 Å². The van der Waals surface area contributed by atoms with Gasteiger partial charge >= 0.3 is 0 Å². The first-order chi connectivity index (χ1) is 16.5. The fourth-order valence-corrected chi connectivity index (χ4v) is 4.86. The first-order valence-electron chi connectivity index (χ1n) is 12.3. The Kier molecular flexibility index (Phi) is 8.24. The molecule has 34 heavy (non-hydrogen) atoms. The lowest BCUT2D eigenvalue weighted by molar-refractivity contribution is 0.264. The number of hydrogen-bond donors (Lipinski definition) is 0. The Labute approximate surface area is 207 Å². The molecular formula is C27H35ClFN5. The van der Waals surface area contributed by atoms with E-state index >= 15 is 0 Å². The van der Waals surface area contributed by atoms with Gasteiger partial charge in [0.15, 0.2) is 0 Å². The molecule has 0 unspecified atom stereocenters. The summed E-state index contributed by atoms with van der Waals surface area (Å²) in [5.74, 6) is 0.902. The zero-order chi connectivity index (χ0) is 24.1. The minimum Gasteiger partial charge on any atom is -0.354 e. The van der Waals surface area contributed by atoms with E-state index in [9.17, 15) is 4.39 Å². The van der Waals surface area contributed by atoms with Crippen LogP contribution in [-0.4, -0.2) is 58.8 Å². The maximum Gasteiger partial charge on any atom is 0.137 e. The molecule has 0 radical (unpaired) electrons. The molecular weight excluding hydrogens is 449 g/mol. The summed E-state index contributed by atoms with van der Waals surface area (Å²) in [6, 6.07) is 14.7. The number of nitrogens with zero attached hydrogens (tertiary/aromatic N) is 5. The molecule has 1 aliphatic heterocycles. The third kappa shape index (κ3) is 5.45. The highest BCUT2D eigenvalue weighted by Gasteiger charge is 2.27. The highest BCUT2D eigenvalue weighted by molar-refractivity contribution is 6.31. The van der Waals surface area contributed by atoms with Crippen LogP contribution in [0.3, 0.4) is 0 Å². The van der Waals surface area contributed by atoms with Crippen LogP contribution in [0.15, 0.2) is 48.5 Å². The van der Waals surface area contributed by atoms with Crippen molar-refractivity contribution in [2.45, 2.75) is 40.3 Å². The Balaban J connectivity index is 1.72. The molecule has 2 aromatic carbocycles. The monoisotopic (exact) mass is 483 g/mol. The molecule has 0 spiro atoms. The summed E-state index contributed by atoms with van der Waals surface area (Å²) < 4.78 is 15.7. The number of aryl methyl sites for hydroxylation is 1. The largest absolute Gasteiger partial charge is 0.354 e. The van der Waals surface area contributed by atoms with Gasteiger partial charge in [-0.15, -0.1) is 0 Å². The lowest BCUT2D eigenvalue weighted by Crippen LogP contribution is -2.47.